The minimum Gasteiger partial charge on any atom is -0.462 e. The van der Waals surface area contributed by atoms with Crippen molar-refractivity contribution in [3.63, 3.8) is 0 Å². The monoisotopic (exact) mass is 718 g/mol. The molecule has 51 heavy (non-hydrogen) atoms. The standard InChI is InChI=1S/C38H55FN2O10/c1-20-15-16-22(18-24(20)39)17-23-21(2)40-41-29(23)51-30-28(50-34(45)38(12,13)14)27(49-33(44)37(9,10)11)26(48-32(43)36(6,7)8)25(47-30)19-46-31(42)35(3,4)5/h15-16,18,25-28,30H,17,19H2,1-14H3,(H,40,41)/t25-,26-,27+,28-,30+/m1/s1. The summed E-state index contributed by atoms with van der Waals surface area (Å²) in [7, 11) is 0. The van der Waals surface area contributed by atoms with E-state index in [2.05, 4.69) is 10.2 Å². The first-order valence-corrected chi connectivity index (χ1v) is 17.1. The number of rotatable bonds is 9. The molecule has 0 saturated carbocycles. The summed E-state index contributed by atoms with van der Waals surface area (Å²) in [4.78, 5) is 53.4. The Kier molecular flexibility index (Phi) is 12.4. The van der Waals surface area contributed by atoms with Crippen LogP contribution in [-0.4, -0.2) is 71.4 Å². The van der Waals surface area contributed by atoms with E-state index in [-0.39, 0.29) is 18.1 Å². The second kappa shape index (κ2) is 15.3. The number of ether oxygens (including phenoxy) is 6. The Morgan fingerprint density at radius 1 is 0.745 bits per heavy atom. The first-order chi connectivity index (χ1) is 23.2. The second-order valence-corrected chi connectivity index (χ2v) is 17.3. The van der Waals surface area contributed by atoms with E-state index in [0.29, 0.717) is 22.4 Å². The molecule has 12 nitrogen and oxygen atoms in total. The lowest BCUT2D eigenvalue weighted by Gasteiger charge is -2.45. The lowest BCUT2D eigenvalue weighted by molar-refractivity contribution is -0.294. The van der Waals surface area contributed by atoms with Crippen LogP contribution in [0, 0.1) is 41.3 Å². The molecule has 2 heterocycles. The van der Waals surface area contributed by atoms with Crippen LogP contribution in [0.1, 0.15) is 105 Å². The third kappa shape index (κ3) is 10.8. The summed E-state index contributed by atoms with van der Waals surface area (Å²) in [6, 6.07) is 4.88. The van der Waals surface area contributed by atoms with Gasteiger partial charge in [0.15, 0.2) is 12.2 Å². The van der Waals surface area contributed by atoms with Crippen LogP contribution in [0.15, 0.2) is 18.2 Å². The van der Waals surface area contributed by atoms with Crippen molar-refractivity contribution in [1.82, 2.24) is 10.2 Å². The zero-order valence-corrected chi connectivity index (χ0v) is 32.4. The van der Waals surface area contributed by atoms with Crippen molar-refractivity contribution in [3.05, 3.63) is 46.4 Å². The van der Waals surface area contributed by atoms with E-state index in [1.165, 1.54) is 6.07 Å². The van der Waals surface area contributed by atoms with Gasteiger partial charge in [0, 0.05) is 17.7 Å². The molecule has 1 fully saturated rings. The minimum absolute atomic E-state index is 0.0479. The molecule has 1 N–H and O–H groups in total. The Morgan fingerprint density at radius 3 is 1.73 bits per heavy atom. The average Bonchev–Trinajstić information content (AvgIpc) is 3.32. The van der Waals surface area contributed by atoms with Crippen molar-refractivity contribution in [3.8, 4) is 5.88 Å². The number of nitrogens with zero attached hydrogens (tertiary/aromatic N) is 1. The van der Waals surface area contributed by atoms with Crippen LogP contribution >= 0.6 is 0 Å². The van der Waals surface area contributed by atoms with Crippen molar-refractivity contribution >= 4 is 23.9 Å². The largest absolute Gasteiger partial charge is 0.462 e. The molecule has 0 unspecified atom stereocenters. The van der Waals surface area contributed by atoms with Gasteiger partial charge in [-0.3, -0.25) is 24.3 Å². The van der Waals surface area contributed by atoms with Crippen LogP contribution in [0.2, 0.25) is 0 Å². The van der Waals surface area contributed by atoms with Crippen molar-refractivity contribution in [2.75, 3.05) is 6.61 Å². The van der Waals surface area contributed by atoms with Crippen molar-refractivity contribution in [2.45, 2.75) is 134 Å². The number of halogens is 1. The lowest BCUT2D eigenvalue weighted by Crippen LogP contribution is -2.65. The van der Waals surface area contributed by atoms with Gasteiger partial charge in [0.2, 0.25) is 18.3 Å². The van der Waals surface area contributed by atoms with Gasteiger partial charge in [-0.05, 0) is 114 Å². The van der Waals surface area contributed by atoms with Gasteiger partial charge in [0.25, 0.3) is 0 Å². The van der Waals surface area contributed by atoms with Gasteiger partial charge < -0.3 is 28.4 Å². The van der Waals surface area contributed by atoms with Crippen LogP contribution in [0.5, 0.6) is 5.88 Å². The predicted octanol–water partition coefficient (Wildman–Crippen LogP) is 6.32. The quantitative estimate of drug-likeness (QED) is 0.229. The van der Waals surface area contributed by atoms with E-state index in [1.807, 2.05) is 0 Å². The molecule has 0 radical (unpaired) electrons. The molecule has 3 rings (SSSR count). The maximum atomic E-state index is 14.5. The van der Waals surface area contributed by atoms with E-state index in [9.17, 15) is 23.6 Å². The molecule has 0 spiro atoms. The fourth-order valence-corrected chi connectivity index (χ4v) is 4.58. The zero-order valence-electron chi connectivity index (χ0n) is 32.4. The van der Waals surface area contributed by atoms with Crippen molar-refractivity contribution < 1.29 is 52.0 Å². The summed E-state index contributed by atoms with van der Waals surface area (Å²) < 4.78 is 51.0. The topological polar surface area (TPSA) is 152 Å². The Hall–Kier alpha value is -4.00. The van der Waals surface area contributed by atoms with Gasteiger partial charge in [-0.2, -0.15) is 0 Å². The fraction of sp³-hybridized carbons (Fsp3) is 0.658. The smallest absolute Gasteiger partial charge is 0.311 e. The first kappa shape index (κ1) is 41.4. The molecule has 13 heteroatoms. The average molecular weight is 719 g/mol. The van der Waals surface area contributed by atoms with Crippen molar-refractivity contribution in [2.24, 2.45) is 21.7 Å². The summed E-state index contributed by atoms with van der Waals surface area (Å²) in [5.41, 5.74) is -1.63. The van der Waals surface area contributed by atoms with Gasteiger partial charge in [-0.1, -0.05) is 12.1 Å². The van der Waals surface area contributed by atoms with Crippen molar-refractivity contribution in [1.29, 1.82) is 0 Å². The Morgan fingerprint density at radius 2 is 1.24 bits per heavy atom. The maximum Gasteiger partial charge on any atom is 0.311 e. The van der Waals surface area contributed by atoms with Crippen LogP contribution in [0.3, 0.4) is 0 Å². The number of esters is 4. The zero-order chi connectivity index (χ0) is 38.9. The van der Waals surface area contributed by atoms with E-state index in [0.717, 1.165) is 0 Å². The molecular formula is C38H55FN2O10. The van der Waals surface area contributed by atoms with Crippen LogP contribution < -0.4 is 4.74 Å². The normalized spacial score (nSPS) is 21.4. The Bertz CT molecular complexity index is 1590. The lowest BCUT2D eigenvalue weighted by atomic mass is 9.93. The van der Waals surface area contributed by atoms with Gasteiger partial charge in [-0.25, -0.2) is 4.39 Å². The number of nitrogens with one attached hydrogen (secondary N) is 1. The second-order valence-electron chi connectivity index (χ2n) is 17.3. The molecule has 1 saturated heterocycles. The number of carbonyl (C=O) groups is 4. The number of aromatic amines is 1. The number of hydrogen-bond acceptors (Lipinski definition) is 11. The summed E-state index contributed by atoms with van der Waals surface area (Å²) in [5.74, 6) is -2.93. The maximum absolute atomic E-state index is 14.5. The molecule has 0 amide bonds. The van der Waals surface area contributed by atoms with Crippen LogP contribution in [0.4, 0.5) is 4.39 Å². The number of aryl methyl sites for hydroxylation is 2. The molecule has 0 aliphatic carbocycles. The molecule has 1 aliphatic heterocycles. The summed E-state index contributed by atoms with van der Waals surface area (Å²) in [6.07, 6.45) is -6.96. The molecule has 284 valence electrons. The van der Waals surface area contributed by atoms with Crippen LogP contribution in [0.25, 0.3) is 0 Å². The number of aromatic nitrogens is 2. The number of hydrogen-bond donors (Lipinski definition) is 1. The molecular weight excluding hydrogens is 663 g/mol. The SMILES string of the molecule is Cc1ccc(Cc2c(O[C@@H]3O[C@H](COC(=O)C(C)(C)C)[C@@H](OC(=O)C(C)(C)C)[C@H](OC(=O)C(C)(C)C)[C@H]3OC(=O)C(C)(C)C)n[nH]c2C)cc1F. The highest BCUT2D eigenvalue weighted by atomic mass is 19.1. The van der Waals surface area contributed by atoms with Gasteiger partial charge in [0.1, 0.15) is 18.5 Å². The highest BCUT2D eigenvalue weighted by Gasteiger charge is 2.56. The molecule has 5 atom stereocenters. The summed E-state index contributed by atoms with van der Waals surface area (Å²) in [6.45, 7) is 22.8. The molecule has 1 aromatic heterocycles. The summed E-state index contributed by atoms with van der Waals surface area (Å²) >= 11 is 0. The van der Waals surface area contributed by atoms with Gasteiger partial charge in [0.05, 0.1) is 21.7 Å². The third-order valence-corrected chi connectivity index (χ3v) is 8.03. The molecule has 2 aromatic rings. The Labute approximate surface area is 300 Å². The third-order valence-electron chi connectivity index (χ3n) is 8.03. The predicted molar refractivity (Wildman–Crippen MR) is 185 cm³/mol. The Balaban J connectivity index is 2.19. The van der Waals surface area contributed by atoms with Gasteiger partial charge in [-0.15, -0.1) is 5.10 Å². The first-order valence-electron chi connectivity index (χ1n) is 17.1. The molecule has 1 aromatic carbocycles. The van der Waals surface area contributed by atoms with Gasteiger partial charge >= 0.3 is 23.9 Å². The highest BCUT2D eigenvalue weighted by Crippen LogP contribution is 2.36. The van der Waals surface area contributed by atoms with Crippen LogP contribution in [-0.2, 0) is 49.3 Å². The number of carbonyl (C=O) groups excluding carboxylic acids is 4. The molecule has 1 aliphatic rings. The highest BCUT2D eigenvalue weighted by molar-refractivity contribution is 5.78. The van der Waals surface area contributed by atoms with E-state index < -0.39 is 82.8 Å². The van der Waals surface area contributed by atoms with E-state index in [1.54, 1.807) is 109 Å². The molecule has 0 bridgehead atoms. The number of H-pyrrole nitrogens is 1. The fourth-order valence-electron chi connectivity index (χ4n) is 4.58. The summed E-state index contributed by atoms with van der Waals surface area (Å²) in [5, 5.41) is 7.20. The minimum atomic E-state index is -1.52. The van der Waals surface area contributed by atoms with E-state index in [4.69, 9.17) is 28.4 Å². The number of benzene rings is 1. The van der Waals surface area contributed by atoms with E-state index >= 15 is 0 Å².